The largest absolute Gasteiger partial charge is 0.337 e. The van der Waals surface area contributed by atoms with Crippen molar-refractivity contribution in [3.05, 3.63) is 47.8 Å². The Bertz CT molecular complexity index is 684. The zero-order valence-corrected chi connectivity index (χ0v) is 14.7. The first-order chi connectivity index (χ1) is 11.7. The van der Waals surface area contributed by atoms with Crippen molar-refractivity contribution in [1.29, 1.82) is 0 Å². The second-order valence-corrected chi connectivity index (χ2v) is 7.52. The molecule has 1 saturated carbocycles. The molecule has 2 aliphatic rings. The van der Waals surface area contributed by atoms with Gasteiger partial charge in [-0.15, -0.1) is 0 Å². The van der Waals surface area contributed by atoms with E-state index in [0.717, 1.165) is 37.7 Å². The summed E-state index contributed by atoms with van der Waals surface area (Å²) in [5.74, 6) is 1.14. The van der Waals surface area contributed by atoms with Gasteiger partial charge >= 0.3 is 0 Å². The maximum atomic E-state index is 4.63. The Morgan fingerprint density at radius 3 is 2.75 bits per heavy atom. The van der Waals surface area contributed by atoms with Gasteiger partial charge in [0.2, 0.25) is 0 Å². The van der Waals surface area contributed by atoms with E-state index in [9.17, 15) is 0 Å². The van der Waals surface area contributed by atoms with Gasteiger partial charge < -0.3 is 9.88 Å². The summed E-state index contributed by atoms with van der Waals surface area (Å²) < 4.78 is 2.13. The van der Waals surface area contributed by atoms with E-state index in [1.54, 1.807) is 0 Å². The van der Waals surface area contributed by atoms with Gasteiger partial charge in [0.05, 0.1) is 12.2 Å². The molecule has 1 unspecified atom stereocenters. The summed E-state index contributed by atoms with van der Waals surface area (Å²) in [6.07, 6.45) is 9.83. The van der Waals surface area contributed by atoms with Crippen LogP contribution in [-0.2, 0) is 20.1 Å². The van der Waals surface area contributed by atoms with Crippen molar-refractivity contribution in [1.82, 2.24) is 24.8 Å². The Labute approximate surface area is 144 Å². The van der Waals surface area contributed by atoms with E-state index in [1.807, 2.05) is 18.6 Å². The van der Waals surface area contributed by atoms with Crippen molar-refractivity contribution in [3.63, 3.8) is 0 Å². The second-order valence-electron chi connectivity index (χ2n) is 7.52. The number of piperidine rings is 1. The van der Waals surface area contributed by atoms with Crippen LogP contribution in [0.15, 0.2) is 30.7 Å². The summed E-state index contributed by atoms with van der Waals surface area (Å²) in [5, 5.41) is 3.50. The number of aromatic nitrogens is 3. The van der Waals surface area contributed by atoms with Crippen molar-refractivity contribution >= 4 is 0 Å². The SMILES string of the molecule is Cc1ccc(CN(Cc2nccn2C)C2CC23CCNCC3)nc1. The van der Waals surface area contributed by atoms with Crippen molar-refractivity contribution in [2.45, 2.75) is 45.3 Å². The fourth-order valence-electron chi connectivity index (χ4n) is 4.11. The van der Waals surface area contributed by atoms with E-state index in [-0.39, 0.29) is 0 Å². The average molecular weight is 325 g/mol. The summed E-state index contributed by atoms with van der Waals surface area (Å²) in [7, 11) is 2.08. The molecule has 1 atom stereocenters. The number of imidazole rings is 1. The molecule has 0 amide bonds. The Kier molecular flexibility index (Phi) is 4.14. The van der Waals surface area contributed by atoms with Crippen LogP contribution in [0.2, 0.25) is 0 Å². The number of hydrogen-bond acceptors (Lipinski definition) is 4. The highest BCUT2D eigenvalue weighted by atomic mass is 15.2. The highest BCUT2D eigenvalue weighted by molar-refractivity contribution is 5.15. The van der Waals surface area contributed by atoms with Crippen LogP contribution in [0.3, 0.4) is 0 Å². The highest BCUT2D eigenvalue weighted by Gasteiger charge is 2.56. The van der Waals surface area contributed by atoms with Crippen LogP contribution < -0.4 is 5.32 Å². The van der Waals surface area contributed by atoms with Gasteiger partial charge in [0.15, 0.2) is 0 Å². The predicted octanol–water partition coefficient (Wildman–Crippen LogP) is 2.27. The maximum absolute atomic E-state index is 4.63. The molecule has 1 saturated heterocycles. The van der Waals surface area contributed by atoms with Crippen LogP contribution in [0.25, 0.3) is 0 Å². The van der Waals surface area contributed by atoms with Gasteiger partial charge in [-0.1, -0.05) is 6.07 Å². The topological polar surface area (TPSA) is 46.0 Å². The van der Waals surface area contributed by atoms with E-state index in [4.69, 9.17) is 0 Å². The number of rotatable bonds is 5. The summed E-state index contributed by atoms with van der Waals surface area (Å²) in [5.41, 5.74) is 2.91. The molecule has 3 heterocycles. The first kappa shape index (κ1) is 15.8. The predicted molar refractivity (Wildman–Crippen MR) is 94.4 cm³/mol. The molecular formula is C19H27N5. The average Bonchev–Trinajstić information content (AvgIpc) is 3.12. The first-order valence-electron chi connectivity index (χ1n) is 8.99. The minimum Gasteiger partial charge on any atom is -0.337 e. The molecule has 1 N–H and O–H groups in total. The Hall–Kier alpha value is -1.72. The third kappa shape index (κ3) is 3.10. The number of nitrogens with zero attached hydrogens (tertiary/aromatic N) is 4. The van der Waals surface area contributed by atoms with Gasteiger partial charge in [-0.2, -0.15) is 0 Å². The van der Waals surface area contributed by atoms with Gasteiger partial charge in [0.25, 0.3) is 0 Å². The number of pyridine rings is 1. The number of hydrogen-bond donors (Lipinski definition) is 1. The van der Waals surface area contributed by atoms with Crippen molar-refractivity contribution in [3.8, 4) is 0 Å². The molecule has 1 aliphatic carbocycles. The summed E-state index contributed by atoms with van der Waals surface area (Å²) in [6, 6.07) is 4.99. The minimum atomic E-state index is 0.529. The lowest BCUT2D eigenvalue weighted by molar-refractivity contribution is 0.181. The molecule has 1 spiro atoms. The van der Waals surface area contributed by atoms with Crippen LogP contribution in [-0.4, -0.2) is 38.6 Å². The van der Waals surface area contributed by atoms with Crippen LogP contribution in [0, 0.1) is 12.3 Å². The fourth-order valence-corrected chi connectivity index (χ4v) is 4.11. The molecule has 24 heavy (non-hydrogen) atoms. The molecule has 1 aliphatic heterocycles. The van der Waals surface area contributed by atoms with Crippen LogP contribution in [0.4, 0.5) is 0 Å². The zero-order valence-electron chi connectivity index (χ0n) is 14.7. The van der Waals surface area contributed by atoms with Crippen molar-refractivity contribution in [2.24, 2.45) is 12.5 Å². The van der Waals surface area contributed by atoms with Gasteiger partial charge in [-0.25, -0.2) is 4.98 Å². The normalized spacial score (nSPS) is 22.2. The van der Waals surface area contributed by atoms with Crippen molar-refractivity contribution < 1.29 is 0 Å². The third-order valence-electron chi connectivity index (χ3n) is 5.79. The van der Waals surface area contributed by atoms with Gasteiger partial charge in [0.1, 0.15) is 5.82 Å². The van der Waals surface area contributed by atoms with E-state index in [0.29, 0.717) is 11.5 Å². The van der Waals surface area contributed by atoms with E-state index in [2.05, 4.69) is 50.9 Å². The molecule has 5 heteroatoms. The monoisotopic (exact) mass is 325 g/mol. The lowest BCUT2D eigenvalue weighted by Crippen LogP contribution is -2.36. The van der Waals surface area contributed by atoms with Crippen LogP contribution >= 0.6 is 0 Å². The van der Waals surface area contributed by atoms with E-state index < -0.39 is 0 Å². The molecule has 2 fully saturated rings. The molecule has 0 aromatic carbocycles. The molecule has 2 aromatic heterocycles. The molecule has 0 radical (unpaired) electrons. The van der Waals surface area contributed by atoms with Crippen LogP contribution in [0.1, 0.15) is 36.3 Å². The molecular weight excluding hydrogens is 298 g/mol. The molecule has 0 bridgehead atoms. The zero-order chi connectivity index (χ0) is 16.6. The second kappa shape index (κ2) is 6.30. The minimum absolute atomic E-state index is 0.529. The fraction of sp³-hybridized carbons (Fsp3) is 0.579. The van der Waals surface area contributed by atoms with Gasteiger partial charge in [0, 0.05) is 38.2 Å². The first-order valence-corrected chi connectivity index (χ1v) is 8.99. The summed E-state index contributed by atoms with van der Waals surface area (Å²) in [4.78, 5) is 11.8. The molecule has 4 rings (SSSR count). The maximum Gasteiger partial charge on any atom is 0.122 e. The Balaban J connectivity index is 1.53. The van der Waals surface area contributed by atoms with E-state index in [1.165, 1.54) is 24.8 Å². The molecule has 2 aromatic rings. The molecule has 5 nitrogen and oxygen atoms in total. The van der Waals surface area contributed by atoms with Gasteiger partial charge in [-0.05, 0) is 56.3 Å². The standard InChI is InChI=1S/C19H27N5/c1-15-3-4-16(22-12-15)13-24(14-18-21-9-10-23(18)2)17-11-19(17)5-7-20-8-6-19/h3-4,9-10,12,17,20H,5-8,11,13-14H2,1-2H3. The number of aryl methyl sites for hydroxylation is 2. The Morgan fingerprint density at radius 2 is 2.08 bits per heavy atom. The van der Waals surface area contributed by atoms with Crippen molar-refractivity contribution in [2.75, 3.05) is 13.1 Å². The quantitative estimate of drug-likeness (QED) is 0.916. The smallest absolute Gasteiger partial charge is 0.122 e. The molecule has 128 valence electrons. The van der Waals surface area contributed by atoms with Gasteiger partial charge in [-0.3, -0.25) is 9.88 Å². The highest BCUT2D eigenvalue weighted by Crippen LogP contribution is 2.56. The number of nitrogens with one attached hydrogen (secondary N) is 1. The summed E-state index contributed by atoms with van der Waals surface area (Å²) in [6.45, 7) is 6.23. The van der Waals surface area contributed by atoms with E-state index >= 15 is 0 Å². The lowest BCUT2D eigenvalue weighted by Gasteiger charge is -2.29. The Morgan fingerprint density at radius 1 is 1.25 bits per heavy atom. The van der Waals surface area contributed by atoms with Crippen LogP contribution in [0.5, 0.6) is 0 Å². The summed E-state index contributed by atoms with van der Waals surface area (Å²) >= 11 is 0. The lowest BCUT2D eigenvalue weighted by atomic mass is 9.93. The third-order valence-corrected chi connectivity index (χ3v) is 5.79.